The van der Waals surface area contributed by atoms with Gasteiger partial charge in [0.05, 0.1) is 24.3 Å². The number of esters is 1. The van der Waals surface area contributed by atoms with Gasteiger partial charge in [-0.15, -0.1) is 0 Å². The van der Waals surface area contributed by atoms with Crippen molar-refractivity contribution in [2.75, 3.05) is 13.7 Å². The average molecular weight is 352 g/mol. The highest BCUT2D eigenvalue weighted by Gasteiger charge is 2.35. The van der Waals surface area contributed by atoms with Gasteiger partial charge in [0.15, 0.2) is 0 Å². The van der Waals surface area contributed by atoms with Gasteiger partial charge in [0.1, 0.15) is 17.2 Å². The fraction of sp³-hybridized carbons (Fsp3) is 0.333. The lowest BCUT2D eigenvalue weighted by Crippen LogP contribution is -2.23. The molecule has 0 bridgehead atoms. The van der Waals surface area contributed by atoms with Crippen molar-refractivity contribution >= 4 is 21.9 Å². The minimum atomic E-state index is -4.66. The van der Waals surface area contributed by atoms with E-state index < -0.39 is 28.3 Å². The molecule has 0 aromatic heterocycles. The normalized spacial score (nSPS) is 12.4. The Kier molecular flexibility index (Phi) is 5.39. The van der Waals surface area contributed by atoms with E-state index in [1.54, 1.807) is 6.07 Å². The summed E-state index contributed by atoms with van der Waals surface area (Å²) in [5, 5.41) is 8.61. The molecular weight excluding hydrogens is 343 g/mol. The number of alkyl halides is 4. The van der Waals surface area contributed by atoms with E-state index in [-0.39, 0.29) is 12.2 Å². The molecule has 4 nitrogen and oxygen atoms in total. The van der Waals surface area contributed by atoms with Crippen LogP contribution in [0.25, 0.3) is 0 Å². The molecule has 0 aliphatic carbocycles. The molecular formula is C12H9BrF3NO3. The van der Waals surface area contributed by atoms with Gasteiger partial charge >= 0.3 is 12.1 Å². The van der Waals surface area contributed by atoms with Gasteiger partial charge in [0.2, 0.25) is 0 Å². The second-order valence-corrected chi connectivity index (χ2v) is 4.73. The molecule has 0 aliphatic heterocycles. The third-order valence-electron chi connectivity index (χ3n) is 2.26. The number of hydrogen-bond acceptors (Lipinski definition) is 4. The van der Waals surface area contributed by atoms with Crippen LogP contribution in [0.5, 0.6) is 5.75 Å². The van der Waals surface area contributed by atoms with E-state index in [1.165, 1.54) is 6.07 Å². The standard InChI is InChI=1S/C12H9BrF3NO3/c1-19-11(18)9(13)6-20-10-3-2-7(5-17)4-8(10)12(14,15)16/h2-4,9H,6H2,1H3. The molecule has 0 aliphatic rings. The zero-order valence-electron chi connectivity index (χ0n) is 10.2. The maximum Gasteiger partial charge on any atom is 0.420 e. The first-order valence-electron chi connectivity index (χ1n) is 5.25. The Bertz CT molecular complexity index is 540. The van der Waals surface area contributed by atoms with Crippen molar-refractivity contribution in [3.63, 3.8) is 0 Å². The first-order valence-corrected chi connectivity index (χ1v) is 6.17. The van der Waals surface area contributed by atoms with E-state index in [0.717, 1.165) is 13.2 Å². The molecule has 1 aromatic carbocycles. The predicted octanol–water partition coefficient (Wildman–Crippen LogP) is 2.89. The Morgan fingerprint density at radius 2 is 2.15 bits per heavy atom. The molecule has 8 heteroatoms. The van der Waals surface area contributed by atoms with Crippen LogP contribution in [-0.2, 0) is 15.7 Å². The summed E-state index contributed by atoms with van der Waals surface area (Å²) in [6.07, 6.45) is -4.66. The van der Waals surface area contributed by atoms with Crippen LogP contribution in [0.4, 0.5) is 13.2 Å². The highest BCUT2D eigenvalue weighted by Crippen LogP contribution is 2.36. The third-order valence-corrected chi connectivity index (χ3v) is 2.89. The Balaban J connectivity index is 2.96. The Morgan fingerprint density at radius 3 is 2.65 bits per heavy atom. The summed E-state index contributed by atoms with van der Waals surface area (Å²) in [4.78, 5) is 10.2. The van der Waals surface area contributed by atoms with Gasteiger partial charge in [0.25, 0.3) is 0 Å². The zero-order valence-corrected chi connectivity index (χ0v) is 11.8. The molecule has 0 spiro atoms. The highest BCUT2D eigenvalue weighted by molar-refractivity contribution is 9.10. The van der Waals surface area contributed by atoms with Crippen LogP contribution in [0.1, 0.15) is 11.1 Å². The van der Waals surface area contributed by atoms with Crippen molar-refractivity contribution in [1.29, 1.82) is 5.26 Å². The van der Waals surface area contributed by atoms with E-state index in [4.69, 9.17) is 10.00 Å². The molecule has 0 saturated carbocycles. The lowest BCUT2D eigenvalue weighted by atomic mass is 10.1. The molecule has 0 amide bonds. The number of nitrogens with zero attached hydrogens (tertiary/aromatic N) is 1. The van der Waals surface area contributed by atoms with E-state index >= 15 is 0 Å². The van der Waals surface area contributed by atoms with Crippen LogP contribution in [-0.4, -0.2) is 24.5 Å². The number of rotatable bonds is 4. The van der Waals surface area contributed by atoms with Crippen molar-refractivity contribution in [3.05, 3.63) is 29.3 Å². The SMILES string of the molecule is COC(=O)C(Br)COc1ccc(C#N)cc1C(F)(F)F. The maximum atomic E-state index is 12.8. The Labute approximate surface area is 121 Å². The molecule has 0 heterocycles. The van der Waals surface area contributed by atoms with Gasteiger partial charge < -0.3 is 9.47 Å². The van der Waals surface area contributed by atoms with Gasteiger partial charge in [-0.2, -0.15) is 18.4 Å². The molecule has 1 rings (SSSR count). The van der Waals surface area contributed by atoms with Crippen LogP contribution in [0.2, 0.25) is 0 Å². The van der Waals surface area contributed by atoms with Gasteiger partial charge in [-0.3, -0.25) is 4.79 Å². The maximum absolute atomic E-state index is 12.8. The van der Waals surface area contributed by atoms with Crippen LogP contribution < -0.4 is 4.74 Å². The first kappa shape index (κ1) is 16.3. The molecule has 20 heavy (non-hydrogen) atoms. The molecule has 1 unspecified atom stereocenters. The monoisotopic (exact) mass is 351 g/mol. The molecule has 0 N–H and O–H groups in total. The molecule has 108 valence electrons. The first-order chi connectivity index (χ1) is 9.29. The largest absolute Gasteiger partial charge is 0.491 e. The van der Waals surface area contributed by atoms with Crippen LogP contribution in [0.3, 0.4) is 0 Å². The van der Waals surface area contributed by atoms with Crippen molar-refractivity contribution in [1.82, 2.24) is 0 Å². The smallest absolute Gasteiger partial charge is 0.420 e. The summed E-state index contributed by atoms with van der Waals surface area (Å²) in [5.41, 5.74) is -1.20. The number of halogens is 4. The van der Waals surface area contributed by atoms with Crippen molar-refractivity contribution in [2.45, 2.75) is 11.0 Å². The van der Waals surface area contributed by atoms with E-state index in [9.17, 15) is 18.0 Å². The lowest BCUT2D eigenvalue weighted by molar-refractivity contribution is -0.140. The second kappa shape index (κ2) is 6.61. The van der Waals surface area contributed by atoms with Crippen molar-refractivity contribution in [2.24, 2.45) is 0 Å². The van der Waals surface area contributed by atoms with E-state index in [2.05, 4.69) is 20.7 Å². The molecule has 0 radical (unpaired) electrons. The van der Waals surface area contributed by atoms with Crippen molar-refractivity contribution < 1.29 is 27.4 Å². The summed E-state index contributed by atoms with van der Waals surface area (Å²) < 4.78 is 47.8. The number of carbonyl (C=O) groups excluding carboxylic acids is 1. The number of methoxy groups -OCH3 is 1. The number of ether oxygens (including phenoxy) is 2. The van der Waals surface area contributed by atoms with E-state index in [1.807, 2.05) is 0 Å². The number of hydrogen-bond donors (Lipinski definition) is 0. The molecule has 0 saturated heterocycles. The quantitative estimate of drug-likeness (QED) is 0.618. The molecule has 1 aromatic rings. The number of nitriles is 1. The van der Waals surface area contributed by atoms with Gasteiger partial charge in [-0.05, 0) is 18.2 Å². The average Bonchev–Trinajstić information content (AvgIpc) is 2.42. The fourth-order valence-electron chi connectivity index (χ4n) is 1.31. The fourth-order valence-corrected chi connectivity index (χ4v) is 1.62. The summed E-state index contributed by atoms with van der Waals surface area (Å²) in [6, 6.07) is 4.55. The summed E-state index contributed by atoms with van der Waals surface area (Å²) in [5.74, 6) is -1.11. The minimum Gasteiger partial charge on any atom is -0.491 e. The summed E-state index contributed by atoms with van der Waals surface area (Å²) >= 11 is 2.93. The van der Waals surface area contributed by atoms with Crippen LogP contribution in [0, 0.1) is 11.3 Å². The predicted molar refractivity (Wildman–Crippen MR) is 66.4 cm³/mol. The summed E-state index contributed by atoms with van der Waals surface area (Å²) in [7, 11) is 1.15. The molecule has 1 atom stereocenters. The summed E-state index contributed by atoms with van der Waals surface area (Å²) in [6.45, 7) is -0.332. The highest BCUT2D eigenvalue weighted by atomic mass is 79.9. The Hall–Kier alpha value is -1.75. The van der Waals surface area contributed by atoms with Gasteiger partial charge in [-0.25, -0.2) is 0 Å². The Morgan fingerprint density at radius 1 is 1.50 bits per heavy atom. The third kappa shape index (κ3) is 4.13. The van der Waals surface area contributed by atoms with Crippen LogP contribution in [0.15, 0.2) is 18.2 Å². The van der Waals surface area contributed by atoms with Crippen LogP contribution >= 0.6 is 15.9 Å². The molecule has 0 fully saturated rings. The zero-order chi connectivity index (χ0) is 15.3. The topological polar surface area (TPSA) is 59.3 Å². The van der Waals surface area contributed by atoms with Gasteiger partial charge in [0, 0.05) is 0 Å². The lowest BCUT2D eigenvalue weighted by Gasteiger charge is -2.15. The minimum absolute atomic E-state index is 0.131. The van der Waals surface area contributed by atoms with Crippen molar-refractivity contribution in [3.8, 4) is 11.8 Å². The van der Waals surface area contributed by atoms with Gasteiger partial charge in [-0.1, -0.05) is 15.9 Å². The number of benzene rings is 1. The number of carbonyl (C=O) groups is 1. The van der Waals surface area contributed by atoms with E-state index in [0.29, 0.717) is 6.07 Å². The second-order valence-electron chi connectivity index (χ2n) is 3.62.